The second kappa shape index (κ2) is 10.8. The van der Waals surface area contributed by atoms with Crippen molar-refractivity contribution in [1.82, 2.24) is 5.32 Å². The third-order valence-corrected chi connectivity index (χ3v) is 4.52. The smallest absolute Gasteiger partial charge is 0.408 e. The van der Waals surface area contributed by atoms with E-state index in [1.165, 1.54) is 19.2 Å². The minimum atomic E-state index is -0.974. The van der Waals surface area contributed by atoms with Crippen LogP contribution in [0.15, 0.2) is 48.5 Å². The third kappa shape index (κ3) is 6.20. The van der Waals surface area contributed by atoms with Crippen molar-refractivity contribution in [3.05, 3.63) is 64.2 Å². The van der Waals surface area contributed by atoms with Crippen LogP contribution in [0.4, 0.5) is 10.5 Å². The van der Waals surface area contributed by atoms with E-state index in [0.29, 0.717) is 6.42 Å². The van der Waals surface area contributed by atoms with Gasteiger partial charge in [0.25, 0.3) is 5.69 Å². The van der Waals surface area contributed by atoms with E-state index >= 15 is 0 Å². The molecule has 30 heavy (non-hydrogen) atoms. The van der Waals surface area contributed by atoms with Gasteiger partial charge in [-0.25, -0.2) is 9.59 Å². The molecule has 2 atom stereocenters. The van der Waals surface area contributed by atoms with E-state index in [1.807, 2.05) is 37.3 Å². The molecule has 1 amide bonds. The number of hydrogen-bond acceptors (Lipinski definition) is 7. The molecule has 0 aliphatic heterocycles. The molecule has 2 unspecified atom stereocenters. The Bertz CT molecular complexity index is 886. The molecule has 0 aliphatic rings. The molecule has 9 nitrogen and oxygen atoms in total. The molecule has 0 aromatic heterocycles. The van der Waals surface area contributed by atoms with Gasteiger partial charge in [-0.3, -0.25) is 10.1 Å². The summed E-state index contributed by atoms with van der Waals surface area (Å²) in [5.41, 5.74) is 0.610. The fraction of sp³-hybridized carbons (Fsp3) is 0.333. The van der Waals surface area contributed by atoms with Crippen LogP contribution < -0.4 is 14.8 Å². The summed E-state index contributed by atoms with van der Waals surface area (Å²) in [5.74, 6) is -0.924. The van der Waals surface area contributed by atoms with Gasteiger partial charge < -0.3 is 19.5 Å². The van der Waals surface area contributed by atoms with Crippen molar-refractivity contribution in [3.63, 3.8) is 0 Å². The summed E-state index contributed by atoms with van der Waals surface area (Å²) in [4.78, 5) is 35.3. The van der Waals surface area contributed by atoms with Crippen LogP contribution in [0.2, 0.25) is 0 Å². The molecule has 0 spiro atoms. The molecule has 2 rings (SSSR count). The molecule has 9 heteroatoms. The van der Waals surface area contributed by atoms with Crippen molar-refractivity contribution in [2.45, 2.75) is 32.9 Å². The van der Waals surface area contributed by atoms with Crippen LogP contribution in [0.25, 0.3) is 0 Å². The zero-order valence-electron chi connectivity index (χ0n) is 17.0. The van der Waals surface area contributed by atoms with Gasteiger partial charge in [0.15, 0.2) is 11.5 Å². The van der Waals surface area contributed by atoms with Crippen LogP contribution >= 0.6 is 0 Å². The molecule has 0 radical (unpaired) electrons. The molecule has 2 aromatic rings. The zero-order valence-corrected chi connectivity index (χ0v) is 17.0. The van der Waals surface area contributed by atoms with E-state index < -0.39 is 23.0 Å². The van der Waals surface area contributed by atoms with Gasteiger partial charge in [-0.2, -0.15) is 0 Å². The SMILES string of the molecule is CCC(C)C(NC(=O)OCc1ccccc1)C(=O)Oc1ccc([N+](=O)[O-])cc1OC. The van der Waals surface area contributed by atoms with E-state index in [4.69, 9.17) is 14.2 Å². The number of nitrogens with one attached hydrogen (secondary N) is 1. The Labute approximate surface area is 174 Å². The number of rotatable bonds is 9. The number of nitro groups is 1. The normalized spacial score (nSPS) is 12.4. The van der Waals surface area contributed by atoms with E-state index in [-0.39, 0.29) is 29.7 Å². The third-order valence-electron chi connectivity index (χ3n) is 4.52. The first-order valence-electron chi connectivity index (χ1n) is 9.37. The molecule has 0 saturated carbocycles. The van der Waals surface area contributed by atoms with Crippen molar-refractivity contribution in [3.8, 4) is 11.5 Å². The van der Waals surface area contributed by atoms with Gasteiger partial charge in [0.05, 0.1) is 18.1 Å². The number of methoxy groups -OCH3 is 1. The number of esters is 1. The highest BCUT2D eigenvalue weighted by molar-refractivity contribution is 5.83. The molecule has 0 saturated heterocycles. The van der Waals surface area contributed by atoms with Gasteiger partial charge in [0.2, 0.25) is 0 Å². The van der Waals surface area contributed by atoms with E-state index in [0.717, 1.165) is 11.6 Å². The first-order chi connectivity index (χ1) is 14.3. The van der Waals surface area contributed by atoms with Gasteiger partial charge in [0, 0.05) is 6.07 Å². The molecule has 0 bridgehead atoms. The summed E-state index contributed by atoms with van der Waals surface area (Å²) in [6.07, 6.45) is -0.160. The lowest BCUT2D eigenvalue weighted by molar-refractivity contribution is -0.385. The predicted molar refractivity (Wildman–Crippen MR) is 108 cm³/mol. The number of amides is 1. The predicted octanol–water partition coefficient (Wildman–Crippen LogP) is 3.85. The number of alkyl carbamates (subject to hydrolysis) is 1. The average Bonchev–Trinajstić information content (AvgIpc) is 2.76. The Morgan fingerprint density at radius 1 is 1.13 bits per heavy atom. The lowest BCUT2D eigenvalue weighted by Gasteiger charge is -2.22. The summed E-state index contributed by atoms with van der Waals surface area (Å²) in [5, 5.41) is 13.4. The monoisotopic (exact) mass is 416 g/mol. The number of carbonyl (C=O) groups excluding carboxylic acids is 2. The number of non-ortho nitro benzene ring substituents is 1. The topological polar surface area (TPSA) is 117 Å². The second-order valence-electron chi connectivity index (χ2n) is 6.58. The highest BCUT2D eigenvalue weighted by Gasteiger charge is 2.29. The number of hydrogen-bond donors (Lipinski definition) is 1. The van der Waals surface area contributed by atoms with Crippen LogP contribution in [-0.2, 0) is 16.1 Å². The maximum Gasteiger partial charge on any atom is 0.408 e. The molecule has 160 valence electrons. The Balaban J connectivity index is 2.08. The highest BCUT2D eigenvalue weighted by Crippen LogP contribution is 2.31. The quantitative estimate of drug-likeness (QED) is 0.285. The number of carbonyl (C=O) groups is 2. The van der Waals surface area contributed by atoms with Crippen LogP contribution in [0.5, 0.6) is 11.5 Å². The number of nitro benzene ring substituents is 1. The Morgan fingerprint density at radius 2 is 1.83 bits per heavy atom. The average molecular weight is 416 g/mol. The summed E-state index contributed by atoms with van der Waals surface area (Å²) in [7, 11) is 1.31. The van der Waals surface area contributed by atoms with Gasteiger partial charge in [0.1, 0.15) is 12.6 Å². The standard InChI is InChI=1S/C21H24N2O7/c1-4-14(2)19(22-21(25)29-13-15-8-6-5-7-9-15)20(24)30-17-11-10-16(23(26)27)12-18(17)28-3/h5-12,14,19H,4,13H2,1-3H3,(H,22,25). The Hall–Kier alpha value is -3.62. The molecule has 0 heterocycles. The van der Waals surface area contributed by atoms with Crippen LogP contribution in [0.1, 0.15) is 25.8 Å². The number of ether oxygens (including phenoxy) is 3. The molecular weight excluding hydrogens is 392 g/mol. The van der Waals surface area contributed by atoms with Gasteiger partial charge in [-0.15, -0.1) is 0 Å². The van der Waals surface area contributed by atoms with E-state index in [9.17, 15) is 19.7 Å². The fourth-order valence-corrected chi connectivity index (χ4v) is 2.59. The summed E-state index contributed by atoms with van der Waals surface area (Å²) < 4.78 is 15.6. The minimum Gasteiger partial charge on any atom is -0.493 e. The van der Waals surface area contributed by atoms with E-state index in [2.05, 4.69) is 5.32 Å². The molecule has 1 N–H and O–H groups in total. The van der Waals surface area contributed by atoms with Crippen molar-refractivity contribution < 1.29 is 28.7 Å². The first-order valence-corrected chi connectivity index (χ1v) is 9.37. The summed E-state index contributed by atoms with van der Waals surface area (Å²) in [6.45, 7) is 3.72. The van der Waals surface area contributed by atoms with Crippen molar-refractivity contribution in [2.75, 3.05) is 7.11 Å². The first kappa shape index (κ1) is 22.7. The Kier molecular flexibility index (Phi) is 8.16. The summed E-state index contributed by atoms with van der Waals surface area (Å²) in [6, 6.07) is 11.8. The second-order valence-corrected chi connectivity index (χ2v) is 6.58. The summed E-state index contributed by atoms with van der Waals surface area (Å²) >= 11 is 0. The minimum absolute atomic E-state index is 0.0147. The lowest BCUT2D eigenvalue weighted by atomic mass is 9.99. The number of nitrogens with zero attached hydrogens (tertiary/aromatic N) is 1. The molecular formula is C21H24N2O7. The molecule has 0 aliphatic carbocycles. The maximum absolute atomic E-state index is 12.7. The van der Waals surface area contributed by atoms with Crippen LogP contribution in [0.3, 0.4) is 0 Å². The zero-order chi connectivity index (χ0) is 22.1. The van der Waals surface area contributed by atoms with Gasteiger partial charge in [-0.05, 0) is 17.5 Å². The molecule has 0 fully saturated rings. The Morgan fingerprint density at radius 3 is 2.43 bits per heavy atom. The van der Waals surface area contributed by atoms with Crippen molar-refractivity contribution in [2.24, 2.45) is 5.92 Å². The van der Waals surface area contributed by atoms with Gasteiger partial charge >= 0.3 is 12.1 Å². The van der Waals surface area contributed by atoms with Gasteiger partial charge in [-0.1, -0.05) is 50.6 Å². The van der Waals surface area contributed by atoms with E-state index in [1.54, 1.807) is 6.92 Å². The molecule has 2 aromatic carbocycles. The lowest BCUT2D eigenvalue weighted by Crippen LogP contribution is -2.47. The maximum atomic E-state index is 12.7. The van der Waals surface area contributed by atoms with Crippen LogP contribution in [0, 0.1) is 16.0 Å². The van der Waals surface area contributed by atoms with Crippen molar-refractivity contribution >= 4 is 17.7 Å². The highest BCUT2D eigenvalue weighted by atomic mass is 16.6. The largest absolute Gasteiger partial charge is 0.493 e. The fourth-order valence-electron chi connectivity index (χ4n) is 2.59. The number of benzene rings is 2. The van der Waals surface area contributed by atoms with Crippen molar-refractivity contribution in [1.29, 1.82) is 0 Å². The van der Waals surface area contributed by atoms with Crippen LogP contribution in [-0.4, -0.2) is 30.1 Å².